The molecular weight excluding hydrogens is 412 g/mol. The average Bonchev–Trinajstić information content (AvgIpc) is 2.87. The molecule has 0 aliphatic carbocycles. The lowest BCUT2D eigenvalue weighted by Gasteiger charge is -2.24. The Morgan fingerprint density at radius 2 is 1.67 bits per heavy atom. The Morgan fingerprint density at radius 3 is 2.29 bits per heavy atom. The van der Waals surface area contributed by atoms with E-state index in [1.807, 2.05) is 0 Å². The predicted octanol–water partition coefficient (Wildman–Crippen LogP) is 0.196. The molecule has 9 heteroatoms. The summed E-state index contributed by atoms with van der Waals surface area (Å²) in [5, 5.41) is 47.5. The Hall–Kier alpha value is -0.550. The van der Waals surface area contributed by atoms with Gasteiger partial charge in [-0.2, -0.15) is 0 Å². The van der Waals surface area contributed by atoms with Gasteiger partial charge in [0.2, 0.25) is 0 Å². The van der Waals surface area contributed by atoms with Gasteiger partial charge in [0.1, 0.15) is 30.2 Å². The van der Waals surface area contributed by atoms with Crippen LogP contribution in [0.3, 0.4) is 0 Å². The number of aliphatic hydroxyl groups excluding tert-OH is 5. The highest BCUT2D eigenvalue weighted by atomic mass is 79.9. The van der Waals surface area contributed by atoms with Crippen molar-refractivity contribution < 1.29 is 25.5 Å². The molecule has 0 saturated carbocycles. The van der Waals surface area contributed by atoms with Crippen LogP contribution in [-0.2, 0) is 0 Å². The highest BCUT2D eigenvalue weighted by Crippen LogP contribution is 2.29. The summed E-state index contributed by atoms with van der Waals surface area (Å²) in [6, 6.07) is 3.46. The first-order valence-corrected chi connectivity index (χ1v) is 7.61. The number of rotatable bonds is 5. The van der Waals surface area contributed by atoms with Crippen LogP contribution in [-0.4, -0.2) is 60.4 Å². The molecule has 1 heterocycles. The van der Waals surface area contributed by atoms with Crippen molar-refractivity contribution in [2.45, 2.75) is 24.4 Å². The smallest absolute Gasteiger partial charge is 0.140 e. The number of hydrogen-bond acceptors (Lipinski definition) is 6. The van der Waals surface area contributed by atoms with E-state index in [-0.39, 0.29) is 5.82 Å². The van der Waals surface area contributed by atoms with Crippen LogP contribution in [0, 0.1) is 0 Å². The van der Waals surface area contributed by atoms with Gasteiger partial charge in [0.25, 0.3) is 0 Å². The number of halogens is 2. The minimum Gasteiger partial charge on any atom is -0.394 e. The van der Waals surface area contributed by atoms with Gasteiger partial charge < -0.3 is 30.5 Å². The normalized spacial score (nSPS) is 17.7. The maximum Gasteiger partial charge on any atom is 0.140 e. The van der Waals surface area contributed by atoms with Gasteiger partial charge in [0.15, 0.2) is 0 Å². The SMILES string of the molecule is OCC(O)[C@H](O)C(O)[C@H](O)c1nc2cc(Br)c(Br)cc2[nH]1. The van der Waals surface area contributed by atoms with Crippen molar-refractivity contribution in [2.75, 3.05) is 6.61 Å². The van der Waals surface area contributed by atoms with E-state index >= 15 is 0 Å². The molecule has 0 radical (unpaired) electrons. The second kappa shape index (κ2) is 6.69. The first kappa shape index (κ1) is 16.8. The van der Waals surface area contributed by atoms with E-state index in [9.17, 15) is 20.4 Å². The monoisotopic (exact) mass is 424 g/mol. The van der Waals surface area contributed by atoms with Gasteiger partial charge in [0.05, 0.1) is 17.6 Å². The first-order chi connectivity index (χ1) is 9.85. The van der Waals surface area contributed by atoms with Crippen LogP contribution in [0.1, 0.15) is 11.9 Å². The molecular formula is C12H14Br2N2O5. The lowest BCUT2D eigenvalue weighted by Crippen LogP contribution is -2.42. The van der Waals surface area contributed by atoms with Crippen molar-refractivity contribution >= 4 is 42.9 Å². The molecule has 0 spiro atoms. The van der Waals surface area contributed by atoms with Gasteiger partial charge in [-0.05, 0) is 44.0 Å². The molecule has 2 rings (SSSR count). The largest absolute Gasteiger partial charge is 0.394 e. The first-order valence-electron chi connectivity index (χ1n) is 6.03. The summed E-state index contributed by atoms with van der Waals surface area (Å²) in [5.74, 6) is 0.0479. The Balaban J connectivity index is 2.28. The number of aliphatic hydroxyl groups is 5. The molecule has 0 aliphatic rings. The zero-order chi connectivity index (χ0) is 15.7. The molecule has 1 aromatic heterocycles. The molecule has 6 N–H and O–H groups in total. The molecule has 0 bridgehead atoms. The molecule has 7 nitrogen and oxygen atoms in total. The molecule has 4 atom stereocenters. The van der Waals surface area contributed by atoms with Crippen molar-refractivity contribution in [3.8, 4) is 0 Å². The molecule has 0 amide bonds. The molecule has 2 aromatic rings. The van der Waals surface area contributed by atoms with Crippen LogP contribution >= 0.6 is 31.9 Å². The van der Waals surface area contributed by atoms with Crippen LogP contribution in [0.25, 0.3) is 11.0 Å². The number of fused-ring (bicyclic) bond motifs is 1. The minimum absolute atomic E-state index is 0.0479. The number of imidazole rings is 1. The third-order valence-corrected chi connectivity index (χ3v) is 4.92. The summed E-state index contributed by atoms with van der Waals surface area (Å²) in [6.45, 7) is -0.731. The highest BCUT2D eigenvalue weighted by molar-refractivity contribution is 9.13. The van der Waals surface area contributed by atoms with Crippen LogP contribution in [0.5, 0.6) is 0 Å². The second-order valence-electron chi connectivity index (χ2n) is 4.58. The third-order valence-electron chi connectivity index (χ3n) is 3.08. The van der Waals surface area contributed by atoms with Crippen LogP contribution in [0.2, 0.25) is 0 Å². The maximum atomic E-state index is 10.0. The zero-order valence-corrected chi connectivity index (χ0v) is 13.8. The summed E-state index contributed by atoms with van der Waals surface area (Å²) in [4.78, 5) is 6.96. The van der Waals surface area contributed by atoms with Crippen LogP contribution in [0.4, 0.5) is 0 Å². The van der Waals surface area contributed by atoms with Gasteiger partial charge in [-0.25, -0.2) is 4.98 Å². The molecule has 0 fully saturated rings. The van der Waals surface area contributed by atoms with Gasteiger partial charge in [-0.1, -0.05) is 0 Å². The summed E-state index contributed by atoms with van der Waals surface area (Å²) in [6.07, 6.45) is -6.48. The summed E-state index contributed by atoms with van der Waals surface area (Å²) < 4.78 is 1.56. The number of hydrogen-bond donors (Lipinski definition) is 6. The summed E-state index contributed by atoms with van der Waals surface area (Å²) in [7, 11) is 0. The van der Waals surface area contributed by atoms with E-state index in [2.05, 4.69) is 41.8 Å². The van der Waals surface area contributed by atoms with Gasteiger partial charge >= 0.3 is 0 Å². The fourth-order valence-electron chi connectivity index (χ4n) is 1.85. The minimum atomic E-state index is -1.70. The number of H-pyrrole nitrogens is 1. The maximum absolute atomic E-state index is 10.0. The Morgan fingerprint density at radius 1 is 1.05 bits per heavy atom. The van der Waals surface area contributed by atoms with E-state index in [4.69, 9.17) is 5.11 Å². The van der Waals surface area contributed by atoms with Crippen molar-refractivity contribution in [2.24, 2.45) is 0 Å². The number of aromatic amines is 1. The van der Waals surface area contributed by atoms with E-state index in [0.29, 0.717) is 11.0 Å². The lowest BCUT2D eigenvalue weighted by molar-refractivity contribution is -0.117. The second-order valence-corrected chi connectivity index (χ2v) is 6.29. The number of nitrogens with one attached hydrogen (secondary N) is 1. The number of benzene rings is 1. The Bertz CT molecular complexity index is 596. The molecule has 2 unspecified atom stereocenters. The lowest BCUT2D eigenvalue weighted by atomic mass is 10.0. The number of aromatic nitrogens is 2. The molecule has 0 saturated heterocycles. The van der Waals surface area contributed by atoms with Crippen molar-refractivity contribution in [3.05, 3.63) is 26.9 Å². The fourth-order valence-corrected chi connectivity index (χ4v) is 2.52. The third kappa shape index (κ3) is 3.45. The van der Waals surface area contributed by atoms with Crippen LogP contribution in [0.15, 0.2) is 21.1 Å². The fraction of sp³-hybridized carbons (Fsp3) is 0.417. The quantitative estimate of drug-likeness (QED) is 0.405. The van der Waals surface area contributed by atoms with Crippen molar-refractivity contribution in [3.63, 3.8) is 0 Å². The Labute approximate surface area is 136 Å². The topological polar surface area (TPSA) is 130 Å². The van der Waals surface area contributed by atoms with E-state index < -0.39 is 31.0 Å². The highest BCUT2D eigenvalue weighted by Gasteiger charge is 2.32. The zero-order valence-electron chi connectivity index (χ0n) is 10.6. The molecule has 21 heavy (non-hydrogen) atoms. The Kier molecular flexibility index (Phi) is 5.36. The van der Waals surface area contributed by atoms with Gasteiger partial charge in [0, 0.05) is 8.95 Å². The van der Waals surface area contributed by atoms with Gasteiger partial charge in [-0.15, -0.1) is 0 Å². The van der Waals surface area contributed by atoms with Crippen molar-refractivity contribution in [1.82, 2.24) is 9.97 Å². The van der Waals surface area contributed by atoms with E-state index in [1.165, 1.54) is 0 Å². The number of nitrogens with zero attached hydrogens (tertiary/aromatic N) is 1. The van der Waals surface area contributed by atoms with E-state index in [0.717, 1.165) is 8.95 Å². The summed E-state index contributed by atoms with van der Waals surface area (Å²) in [5.41, 5.74) is 1.19. The standard InChI is InChI=1S/C12H14Br2N2O5/c13-4-1-6-7(2-5(4)14)16-12(15-6)11(21)10(20)9(19)8(18)3-17/h1-2,8-11,17-21H,3H2,(H,15,16)/t8?,9-,10?,11-/m0/s1. The van der Waals surface area contributed by atoms with Gasteiger partial charge in [-0.3, -0.25) is 0 Å². The van der Waals surface area contributed by atoms with Crippen molar-refractivity contribution in [1.29, 1.82) is 0 Å². The van der Waals surface area contributed by atoms with E-state index in [1.54, 1.807) is 12.1 Å². The molecule has 1 aromatic carbocycles. The van der Waals surface area contributed by atoms with Crippen LogP contribution < -0.4 is 0 Å². The average molecular weight is 426 g/mol. The predicted molar refractivity (Wildman–Crippen MR) is 81.6 cm³/mol. The molecule has 116 valence electrons. The summed E-state index contributed by atoms with van der Waals surface area (Å²) >= 11 is 6.67. The molecule has 0 aliphatic heterocycles.